The van der Waals surface area contributed by atoms with Crippen molar-refractivity contribution < 1.29 is 0 Å². The van der Waals surface area contributed by atoms with Gasteiger partial charge in [-0.05, 0) is 52.3 Å². The van der Waals surface area contributed by atoms with Crippen molar-refractivity contribution in [3.8, 4) is 16.9 Å². The molecular weight excluding hydrogens is 366 g/mol. The molecule has 0 radical (unpaired) electrons. The van der Waals surface area contributed by atoms with Gasteiger partial charge in [-0.3, -0.25) is 4.98 Å². The van der Waals surface area contributed by atoms with Crippen molar-refractivity contribution in [1.29, 1.82) is 0 Å². The van der Waals surface area contributed by atoms with E-state index < -0.39 is 0 Å². The van der Waals surface area contributed by atoms with Gasteiger partial charge in [0, 0.05) is 56.0 Å². The van der Waals surface area contributed by atoms with E-state index in [1.807, 2.05) is 23.0 Å². The second kappa shape index (κ2) is 6.75. The molecular formula is C18H18BrN5. The molecule has 1 aromatic carbocycles. The number of hydrogen-bond donors (Lipinski definition) is 1. The fourth-order valence-corrected chi connectivity index (χ4v) is 3.43. The second-order valence-electron chi connectivity index (χ2n) is 5.76. The van der Waals surface area contributed by atoms with Gasteiger partial charge in [-0.2, -0.15) is 5.10 Å². The molecule has 0 amide bonds. The highest BCUT2D eigenvalue weighted by molar-refractivity contribution is 9.10. The maximum atomic E-state index is 4.71. The first-order valence-corrected chi connectivity index (χ1v) is 8.82. The minimum absolute atomic E-state index is 0.920. The Hall–Kier alpha value is -2.18. The molecule has 0 atom stereocenters. The van der Waals surface area contributed by atoms with Crippen LogP contribution in [-0.4, -0.2) is 40.9 Å². The standard InChI is InChI=1S/C18H18BrN5/c19-17-13-24(22-18(17)14-5-7-20-8-6-14)16-3-1-15(2-4-16)23-11-9-21-10-12-23/h1-8,13,21H,9-12H2. The summed E-state index contributed by atoms with van der Waals surface area (Å²) < 4.78 is 2.88. The number of piperazine rings is 1. The molecule has 3 aromatic rings. The molecule has 5 nitrogen and oxygen atoms in total. The molecule has 1 aliphatic rings. The van der Waals surface area contributed by atoms with Gasteiger partial charge < -0.3 is 10.2 Å². The number of halogens is 1. The molecule has 0 spiro atoms. The first-order chi connectivity index (χ1) is 11.8. The third-order valence-electron chi connectivity index (χ3n) is 4.22. The predicted molar refractivity (Wildman–Crippen MR) is 99.6 cm³/mol. The van der Waals surface area contributed by atoms with E-state index in [1.165, 1.54) is 5.69 Å². The smallest absolute Gasteiger partial charge is 0.107 e. The lowest BCUT2D eigenvalue weighted by molar-refractivity contribution is 0.589. The lowest BCUT2D eigenvalue weighted by Gasteiger charge is -2.29. The normalized spacial score (nSPS) is 14.8. The van der Waals surface area contributed by atoms with Crippen molar-refractivity contribution in [2.75, 3.05) is 31.1 Å². The van der Waals surface area contributed by atoms with Crippen LogP contribution in [-0.2, 0) is 0 Å². The highest BCUT2D eigenvalue weighted by atomic mass is 79.9. The van der Waals surface area contributed by atoms with Crippen LogP contribution in [0.1, 0.15) is 0 Å². The van der Waals surface area contributed by atoms with E-state index in [1.54, 1.807) is 12.4 Å². The van der Waals surface area contributed by atoms with E-state index in [4.69, 9.17) is 5.10 Å². The van der Waals surface area contributed by atoms with E-state index in [0.29, 0.717) is 0 Å². The van der Waals surface area contributed by atoms with Crippen molar-refractivity contribution in [2.24, 2.45) is 0 Å². The summed E-state index contributed by atoms with van der Waals surface area (Å²) in [7, 11) is 0. The summed E-state index contributed by atoms with van der Waals surface area (Å²) in [5.41, 5.74) is 4.28. The quantitative estimate of drug-likeness (QED) is 0.754. The van der Waals surface area contributed by atoms with Crippen LogP contribution >= 0.6 is 15.9 Å². The van der Waals surface area contributed by atoms with Gasteiger partial charge >= 0.3 is 0 Å². The molecule has 0 unspecified atom stereocenters. The molecule has 2 aromatic heterocycles. The molecule has 1 N–H and O–H groups in total. The topological polar surface area (TPSA) is 46.0 Å². The van der Waals surface area contributed by atoms with Crippen LogP contribution in [0.3, 0.4) is 0 Å². The Morgan fingerprint density at radius 1 is 0.917 bits per heavy atom. The Kier molecular flexibility index (Phi) is 4.32. The Bertz CT molecular complexity index is 807. The van der Waals surface area contributed by atoms with Gasteiger partial charge in [-0.1, -0.05) is 0 Å². The Morgan fingerprint density at radius 3 is 2.29 bits per heavy atom. The zero-order valence-corrected chi connectivity index (χ0v) is 14.8. The lowest BCUT2D eigenvalue weighted by Crippen LogP contribution is -2.43. The number of aromatic nitrogens is 3. The molecule has 4 rings (SSSR count). The van der Waals surface area contributed by atoms with E-state index >= 15 is 0 Å². The Balaban J connectivity index is 1.60. The van der Waals surface area contributed by atoms with E-state index in [0.717, 1.165) is 47.6 Å². The minimum atomic E-state index is 0.920. The Morgan fingerprint density at radius 2 is 1.58 bits per heavy atom. The molecule has 0 bridgehead atoms. The van der Waals surface area contributed by atoms with Crippen LogP contribution in [0.15, 0.2) is 59.5 Å². The first kappa shape index (κ1) is 15.4. The number of benzene rings is 1. The van der Waals surface area contributed by atoms with Crippen LogP contribution in [0.4, 0.5) is 5.69 Å². The highest BCUT2D eigenvalue weighted by Gasteiger charge is 2.12. The molecule has 3 heterocycles. The van der Waals surface area contributed by atoms with Crippen molar-refractivity contribution in [3.05, 3.63) is 59.5 Å². The van der Waals surface area contributed by atoms with Gasteiger partial charge in [-0.15, -0.1) is 0 Å². The number of nitrogens with zero attached hydrogens (tertiary/aromatic N) is 4. The third-order valence-corrected chi connectivity index (χ3v) is 4.80. The van der Waals surface area contributed by atoms with E-state index in [-0.39, 0.29) is 0 Å². The van der Waals surface area contributed by atoms with Gasteiger partial charge in [0.25, 0.3) is 0 Å². The summed E-state index contributed by atoms with van der Waals surface area (Å²) in [5.74, 6) is 0. The first-order valence-electron chi connectivity index (χ1n) is 8.03. The third kappa shape index (κ3) is 3.07. The summed E-state index contributed by atoms with van der Waals surface area (Å²) in [6.45, 7) is 4.20. The number of hydrogen-bond acceptors (Lipinski definition) is 4. The molecule has 1 saturated heterocycles. The van der Waals surface area contributed by atoms with Gasteiger partial charge in [0.2, 0.25) is 0 Å². The molecule has 0 saturated carbocycles. The van der Waals surface area contributed by atoms with Gasteiger partial charge in [0.05, 0.1) is 10.2 Å². The number of anilines is 1. The van der Waals surface area contributed by atoms with Crippen LogP contribution < -0.4 is 10.2 Å². The molecule has 122 valence electrons. The molecule has 1 fully saturated rings. The summed E-state index contributed by atoms with van der Waals surface area (Å²) in [6, 6.07) is 12.5. The largest absolute Gasteiger partial charge is 0.369 e. The Labute approximate surface area is 149 Å². The summed E-state index contributed by atoms with van der Waals surface area (Å²) in [6.07, 6.45) is 5.56. The number of rotatable bonds is 3. The monoisotopic (exact) mass is 383 g/mol. The zero-order chi connectivity index (χ0) is 16.4. The maximum Gasteiger partial charge on any atom is 0.107 e. The average molecular weight is 384 g/mol. The predicted octanol–water partition coefficient (Wildman–Crippen LogP) is 3.11. The van der Waals surface area contributed by atoms with Crippen LogP contribution in [0.25, 0.3) is 16.9 Å². The fraction of sp³-hybridized carbons (Fsp3) is 0.222. The van der Waals surface area contributed by atoms with Crippen LogP contribution in [0, 0.1) is 0 Å². The van der Waals surface area contributed by atoms with Gasteiger partial charge in [0.1, 0.15) is 5.69 Å². The zero-order valence-electron chi connectivity index (χ0n) is 13.2. The van der Waals surface area contributed by atoms with Crippen LogP contribution in [0.2, 0.25) is 0 Å². The van der Waals surface area contributed by atoms with E-state index in [2.05, 4.69) is 55.4 Å². The SMILES string of the molecule is Brc1cn(-c2ccc(N3CCNCC3)cc2)nc1-c1ccncc1. The van der Waals surface area contributed by atoms with Crippen molar-refractivity contribution in [2.45, 2.75) is 0 Å². The molecule has 0 aliphatic carbocycles. The van der Waals surface area contributed by atoms with Crippen molar-refractivity contribution in [1.82, 2.24) is 20.1 Å². The average Bonchev–Trinajstić information content (AvgIpc) is 3.05. The minimum Gasteiger partial charge on any atom is -0.369 e. The summed E-state index contributed by atoms with van der Waals surface area (Å²) in [5, 5.41) is 8.09. The summed E-state index contributed by atoms with van der Waals surface area (Å²) in [4.78, 5) is 6.47. The van der Waals surface area contributed by atoms with Crippen LogP contribution in [0.5, 0.6) is 0 Å². The van der Waals surface area contributed by atoms with E-state index in [9.17, 15) is 0 Å². The number of nitrogens with one attached hydrogen (secondary N) is 1. The maximum absolute atomic E-state index is 4.71. The molecule has 6 heteroatoms. The van der Waals surface area contributed by atoms with Crippen molar-refractivity contribution >= 4 is 21.6 Å². The summed E-state index contributed by atoms with van der Waals surface area (Å²) >= 11 is 3.61. The molecule has 24 heavy (non-hydrogen) atoms. The van der Waals surface area contributed by atoms with Gasteiger partial charge in [0.15, 0.2) is 0 Å². The molecule has 1 aliphatic heterocycles. The lowest BCUT2D eigenvalue weighted by atomic mass is 10.2. The fourth-order valence-electron chi connectivity index (χ4n) is 2.93. The van der Waals surface area contributed by atoms with Crippen molar-refractivity contribution in [3.63, 3.8) is 0 Å². The second-order valence-corrected chi connectivity index (χ2v) is 6.61. The van der Waals surface area contributed by atoms with Gasteiger partial charge in [-0.25, -0.2) is 4.68 Å². The highest BCUT2D eigenvalue weighted by Crippen LogP contribution is 2.28. The number of pyridine rings is 1.